The second-order valence-electron chi connectivity index (χ2n) is 6.71. The zero-order valence-corrected chi connectivity index (χ0v) is 15.2. The van der Waals surface area contributed by atoms with E-state index in [-0.39, 0.29) is 24.1 Å². The van der Waals surface area contributed by atoms with E-state index >= 15 is 0 Å². The van der Waals surface area contributed by atoms with Crippen LogP contribution in [0.2, 0.25) is 0 Å². The Morgan fingerprint density at radius 1 is 1.19 bits per heavy atom. The molecule has 1 amide bonds. The number of hydrogen-bond donors (Lipinski definition) is 1. The molecule has 1 heterocycles. The van der Waals surface area contributed by atoms with Gasteiger partial charge in [-0.1, -0.05) is 12.1 Å². The number of amides is 1. The SMILES string of the molecule is COCNC(=O)c1oc(C(=O)OC(C)(C)C)cc1Cc1ccc(F)cc1. The average molecular weight is 363 g/mol. The van der Waals surface area contributed by atoms with Crippen molar-refractivity contribution in [3.63, 3.8) is 0 Å². The monoisotopic (exact) mass is 363 g/mol. The number of carbonyl (C=O) groups excluding carboxylic acids is 2. The van der Waals surface area contributed by atoms with E-state index in [4.69, 9.17) is 13.9 Å². The highest BCUT2D eigenvalue weighted by molar-refractivity contribution is 5.95. The van der Waals surface area contributed by atoms with E-state index in [1.165, 1.54) is 25.3 Å². The Hall–Kier alpha value is -2.67. The van der Waals surface area contributed by atoms with E-state index in [0.717, 1.165) is 5.56 Å². The highest BCUT2D eigenvalue weighted by Crippen LogP contribution is 2.22. The Kier molecular flexibility index (Phi) is 6.15. The minimum Gasteiger partial charge on any atom is -0.454 e. The first-order valence-corrected chi connectivity index (χ1v) is 8.07. The Labute approximate surface area is 151 Å². The highest BCUT2D eigenvalue weighted by atomic mass is 19.1. The molecule has 140 valence electrons. The van der Waals surface area contributed by atoms with Crippen LogP contribution in [0.4, 0.5) is 4.39 Å². The molecule has 0 aliphatic heterocycles. The third-order valence-electron chi connectivity index (χ3n) is 3.30. The molecule has 1 N–H and O–H groups in total. The summed E-state index contributed by atoms with van der Waals surface area (Å²) in [5.74, 6) is -1.61. The van der Waals surface area contributed by atoms with Crippen LogP contribution in [0, 0.1) is 5.82 Å². The van der Waals surface area contributed by atoms with Crippen LogP contribution < -0.4 is 5.32 Å². The van der Waals surface area contributed by atoms with Gasteiger partial charge in [0, 0.05) is 19.1 Å². The molecule has 7 heteroatoms. The summed E-state index contributed by atoms with van der Waals surface area (Å²) in [7, 11) is 1.44. The maximum Gasteiger partial charge on any atom is 0.374 e. The molecule has 0 radical (unpaired) electrons. The van der Waals surface area contributed by atoms with Gasteiger partial charge in [-0.25, -0.2) is 9.18 Å². The number of benzene rings is 1. The number of rotatable bonds is 6. The largest absolute Gasteiger partial charge is 0.454 e. The molecule has 0 bridgehead atoms. The van der Waals surface area contributed by atoms with Crippen molar-refractivity contribution in [1.29, 1.82) is 0 Å². The lowest BCUT2D eigenvalue weighted by atomic mass is 10.0. The third kappa shape index (κ3) is 5.42. The summed E-state index contributed by atoms with van der Waals surface area (Å²) in [6.45, 7) is 5.20. The van der Waals surface area contributed by atoms with E-state index in [9.17, 15) is 14.0 Å². The lowest BCUT2D eigenvalue weighted by molar-refractivity contribution is 0.00351. The minimum absolute atomic E-state index is 0.00269. The topological polar surface area (TPSA) is 77.8 Å². The standard InChI is InChI=1S/C19H22FNO5/c1-19(2,3)26-18(23)15-10-13(9-12-5-7-14(20)8-6-12)16(25-15)17(22)21-11-24-4/h5-8,10H,9,11H2,1-4H3,(H,21,22). The summed E-state index contributed by atoms with van der Waals surface area (Å²) in [5, 5.41) is 2.52. The van der Waals surface area contributed by atoms with Crippen LogP contribution in [0.15, 0.2) is 34.7 Å². The van der Waals surface area contributed by atoms with Gasteiger partial charge < -0.3 is 19.2 Å². The van der Waals surface area contributed by atoms with Gasteiger partial charge in [0.25, 0.3) is 5.91 Å². The molecule has 2 aromatic rings. The summed E-state index contributed by atoms with van der Waals surface area (Å²) in [6, 6.07) is 7.33. The number of methoxy groups -OCH3 is 1. The molecule has 1 aromatic heterocycles. The second kappa shape index (κ2) is 8.14. The van der Waals surface area contributed by atoms with E-state index < -0.39 is 17.5 Å². The molecule has 0 spiro atoms. The van der Waals surface area contributed by atoms with Crippen molar-refractivity contribution in [1.82, 2.24) is 5.32 Å². The van der Waals surface area contributed by atoms with Gasteiger partial charge in [0.05, 0.1) is 0 Å². The van der Waals surface area contributed by atoms with Gasteiger partial charge in [-0.3, -0.25) is 4.79 Å². The average Bonchev–Trinajstić information content (AvgIpc) is 2.97. The normalized spacial score (nSPS) is 11.3. The lowest BCUT2D eigenvalue weighted by Crippen LogP contribution is -2.26. The smallest absolute Gasteiger partial charge is 0.374 e. The lowest BCUT2D eigenvalue weighted by Gasteiger charge is -2.18. The van der Waals surface area contributed by atoms with Gasteiger partial charge in [0.15, 0.2) is 5.76 Å². The predicted octanol–water partition coefficient (Wildman–Crippen LogP) is 3.30. The van der Waals surface area contributed by atoms with Gasteiger partial charge in [0.2, 0.25) is 5.76 Å². The van der Waals surface area contributed by atoms with Gasteiger partial charge >= 0.3 is 5.97 Å². The van der Waals surface area contributed by atoms with Gasteiger partial charge in [-0.15, -0.1) is 0 Å². The fourth-order valence-electron chi connectivity index (χ4n) is 2.22. The summed E-state index contributed by atoms with van der Waals surface area (Å²) < 4.78 is 28.6. The van der Waals surface area contributed by atoms with Crippen LogP contribution in [0.25, 0.3) is 0 Å². The van der Waals surface area contributed by atoms with Gasteiger partial charge in [-0.05, 0) is 44.5 Å². The number of hydrogen-bond acceptors (Lipinski definition) is 5. The first-order chi connectivity index (χ1) is 12.2. The maximum atomic E-state index is 13.1. The summed E-state index contributed by atoms with van der Waals surface area (Å²) in [5.41, 5.74) is 0.564. The molecule has 0 unspecified atom stereocenters. The fraction of sp³-hybridized carbons (Fsp3) is 0.368. The van der Waals surface area contributed by atoms with Crippen molar-refractivity contribution >= 4 is 11.9 Å². The van der Waals surface area contributed by atoms with Crippen molar-refractivity contribution in [3.8, 4) is 0 Å². The number of carbonyl (C=O) groups is 2. The van der Waals surface area contributed by atoms with Gasteiger partial charge in [-0.2, -0.15) is 0 Å². The quantitative estimate of drug-likeness (QED) is 0.629. The molecule has 2 rings (SSSR count). The molecule has 0 atom stereocenters. The molecule has 0 saturated heterocycles. The molecule has 0 aliphatic rings. The van der Waals surface area contributed by atoms with Crippen LogP contribution in [0.5, 0.6) is 0 Å². The van der Waals surface area contributed by atoms with Crippen molar-refractivity contribution in [2.75, 3.05) is 13.8 Å². The van der Waals surface area contributed by atoms with Crippen LogP contribution in [0.1, 0.15) is 53.0 Å². The number of halogens is 1. The minimum atomic E-state index is -0.695. The number of ether oxygens (including phenoxy) is 2. The predicted molar refractivity (Wildman–Crippen MR) is 92.4 cm³/mol. The molecule has 26 heavy (non-hydrogen) atoms. The number of furan rings is 1. The summed E-state index contributed by atoms with van der Waals surface area (Å²) in [6.07, 6.45) is 0.294. The fourth-order valence-corrected chi connectivity index (χ4v) is 2.22. The van der Waals surface area contributed by atoms with E-state index in [1.54, 1.807) is 32.9 Å². The van der Waals surface area contributed by atoms with Crippen LogP contribution >= 0.6 is 0 Å². The zero-order valence-electron chi connectivity index (χ0n) is 15.2. The van der Waals surface area contributed by atoms with E-state index in [0.29, 0.717) is 12.0 Å². The van der Waals surface area contributed by atoms with Crippen molar-refractivity contribution in [2.45, 2.75) is 32.8 Å². The summed E-state index contributed by atoms with van der Waals surface area (Å²) in [4.78, 5) is 24.5. The molecule has 0 saturated carbocycles. The zero-order chi connectivity index (χ0) is 19.3. The van der Waals surface area contributed by atoms with Crippen LogP contribution in [0.3, 0.4) is 0 Å². The van der Waals surface area contributed by atoms with Gasteiger partial charge in [0.1, 0.15) is 18.1 Å². The maximum absolute atomic E-state index is 13.1. The van der Waals surface area contributed by atoms with Crippen LogP contribution in [-0.2, 0) is 15.9 Å². The molecule has 1 aromatic carbocycles. The molecular weight excluding hydrogens is 341 g/mol. The Morgan fingerprint density at radius 2 is 1.85 bits per heavy atom. The molecule has 0 fully saturated rings. The van der Waals surface area contributed by atoms with E-state index in [2.05, 4.69) is 5.32 Å². The Bertz CT molecular complexity index is 774. The van der Waals surface area contributed by atoms with Crippen molar-refractivity contribution < 1.29 is 27.9 Å². The van der Waals surface area contributed by atoms with Crippen LogP contribution in [-0.4, -0.2) is 31.3 Å². The highest BCUT2D eigenvalue weighted by Gasteiger charge is 2.25. The summed E-state index contributed by atoms with van der Waals surface area (Å²) >= 11 is 0. The first kappa shape index (κ1) is 19.7. The number of nitrogens with one attached hydrogen (secondary N) is 1. The Morgan fingerprint density at radius 3 is 2.42 bits per heavy atom. The van der Waals surface area contributed by atoms with E-state index in [1.807, 2.05) is 0 Å². The third-order valence-corrected chi connectivity index (χ3v) is 3.30. The molecule has 0 aliphatic carbocycles. The number of esters is 1. The molecular formula is C19H22FNO5. The van der Waals surface area contributed by atoms with Crippen molar-refractivity contribution in [3.05, 3.63) is 58.8 Å². The molecule has 6 nitrogen and oxygen atoms in total. The first-order valence-electron chi connectivity index (χ1n) is 8.07. The van der Waals surface area contributed by atoms with Crippen molar-refractivity contribution in [2.24, 2.45) is 0 Å². The Balaban J connectivity index is 2.32. The second-order valence-corrected chi connectivity index (χ2v) is 6.71.